The summed E-state index contributed by atoms with van der Waals surface area (Å²) in [7, 11) is 0. The van der Waals surface area contributed by atoms with Gasteiger partial charge in [-0.2, -0.15) is 0 Å². The van der Waals surface area contributed by atoms with Crippen LogP contribution in [0.4, 0.5) is 8.78 Å². The molecule has 120 valence electrons. The second-order valence-corrected chi connectivity index (χ2v) is 5.82. The number of likely N-dealkylation sites (N-methyl/N-ethyl adjacent to an activating group) is 1. The molecule has 0 spiro atoms. The first-order chi connectivity index (χ1) is 10.1. The first-order valence-corrected chi connectivity index (χ1v) is 8.28. The lowest BCUT2D eigenvalue weighted by molar-refractivity contribution is 0.347. The Labute approximate surface area is 128 Å². The van der Waals surface area contributed by atoms with E-state index in [2.05, 4.69) is 26.1 Å². The number of halogens is 2. The fourth-order valence-electron chi connectivity index (χ4n) is 2.88. The molecule has 1 aromatic rings. The van der Waals surface area contributed by atoms with Crippen LogP contribution in [-0.2, 0) is 6.42 Å². The topological polar surface area (TPSA) is 12.0 Å². The van der Waals surface area contributed by atoms with Gasteiger partial charge in [-0.3, -0.25) is 0 Å². The van der Waals surface area contributed by atoms with Crippen molar-refractivity contribution in [1.29, 1.82) is 0 Å². The Bertz CT molecular complexity index is 406. The molecule has 1 N–H and O–H groups in total. The first-order valence-electron chi connectivity index (χ1n) is 8.28. The SMILES string of the molecule is CCCCC(CC)CC(Cc1cccc(F)c1F)NCC. The normalized spacial score (nSPS) is 14.1. The Morgan fingerprint density at radius 3 is 2.52 bits per heavy atom. The van der Waals surface area contributed by atoms with Gasteiger partial charge in [0.2, 0.25) is 0 Å². The fraction of sp³-hybridized carbons (Fsp3) is 0.667. The largest absolute Gasteiger partial charge is 0.314 e. The van der Waals surface area contributed by atoms with Gasteiger partial charge in [-0.05, 0) is 36.9 Å². The maximum absolute atomic E-state index is 13.8. The van der Waals surface area contributed by atoms with Gasteiger partial charge in [0.05, 0.1) is 0 Å². The Morgan fingerprint density at radius 2 is 1.90 bits per heavy atom. The fourth-order valence-corrected chi connectivity index (χ4v) is 2.88. The second kappa shape index (κ2) is 9.88. The van der Waals surface area contributed by atoms with E-state index in [1.807, 2.05) is 0 Å². The van der Waals surface area contributed by atoms with Crippen molar-refractivity contribution in [1.82, 2.24) is 5.32 Å². The Hall–Kier alpha value is -0.960. The molecule has 0 saturated carbocycles. The third-order valence-electron chi connectivity index (χ3n) is 4.15. The third kappa shape index (κ3) is 6.13. The van der Waals surface area contributed by atoms with Crippen LogP contribution in [0.15, 0.2) is 18.2 Å². The molecule has 0 heterocycles. The van der Waals surface area contributed by atoms with Gasteiger partial charge in [-0.1, -0.05) is 58.6 Å². The summed E-state index contributed by atoms with van der Waals surface area (Å²) in [4.78, 5) is 0. The molecule has 21 heavy (non-hydrogen) atoms. The lowest BCUT2D eigenvalue weighted by Gasteiger charge is -2.24. The molecule has 0 aromatic heterocycles. The van der Waals surface area contributed by atoms with E-state index < -0.39 is 11.6 Å². The summed E-state index contributed by atoms with van der Waals surface area (Å²) in [5.74, 6) is -0.784. The molecule has 2 atom stereocenters. The van der Waals surface area contributed by atoms with E-state index >= 15 is 0 Å². The molecule has 0 aliphatic rings. The predicted molar refractivity (Wildman–Crippen MR) is 85.4 cm³/mol. The van der Waals surface area contributed by atoms with E-state index in [0.717, 1.165) is 19.4 Å². The van der Waals surface area contributed by atoms with E-state index in [1.165, 1.54) is 25.3 Å². The third-order valence-corrected chi connectivity index (χ3v) is 4.15. The lowest BCUT2D eigenvalue weighted by Crippen LogP contribution is -2.33. The Balaban J connectivity index is 2.69. The molecule has 0 aliphatic carbocycles. The monoisotopic (exact) mass is 297 g/mol. The number of hydrogen-bond donors (Lipinski definition) is 1. The highest BCUT2D eigenvalue weighted by Crippen LogP contribution is 2.21. The molecule has 0 aliphatic heterocycles. The second-order valence-electron chi connectivity index (χ2n) is 5.82. The van der Waals surface area contributed by atoms with Crippen LogP contribution < -0.4 is 5.32 Å². The zero-order valence-electron chi connectivity index (χ0n) is 13.6. The first kappa shape index (κ1) is 18.1. The van der Waals surface area contributed by atoms with Crippen molar-refractivity contribution in [3.8, 4) is 0 Å². The summed E-state index contributed by atoms with van der Waals surface area (Å²) in [5.41, 5.74) is 0.478. The van der Waals surface area contributed by atoms with Crippen LogP contribution in [0.3, 0.4) is 0 Å². The van der Waals surface area contributed by atoms with Crippen LogP contribution >= 0.6 is 0 Å². The number of unbranched alkanes of at least 4 members (excludes halogenated alkanes) is 1. The van der Waals surface area contributed by atoms with Crippen LogP contribution in [0.25, 0.3) is 0 Å². The van der Waals surface area contributed by atoms with Crippen LogP contribution in [0.2, 0.25) is 0 Å². The maximum atomic E-state index is 13.8. The minimum atomic E-state index is -0.749. The highest BCUT2D eigenvalue weighted by Gasteiger charge is 2.17. The van der Waals surface area contributed by atoms with Gasteiger partial charge < -0.3 is 5.32 Å². The van der Waals surface area contributed by atoms with E-state index in [1.54, 1.807) is 12.1 Å². The van der Waals surface area contributed by atoms with Crippen molar-refractivity contribution in [3.63, 3.8) is 0 Å². The van der Waals surface area contributed by atoms with Crippen molar-refractivity contribution in [2.45, 2.75) is 65.3 Å². The van der Waals surface area contributed by atoms with Crippen LogP contribution in [0.5, 0.6) is 0 Å². The maximum Gasteiger partial charge on any atom is 0.162 e. The van der Waals surface area contributed by atoms with Gasteiger partial charge in [-0.15, -0.1) is 0 Å². The van der Waals surface area contributed by atoms with Crippen molar-refractivity contribution in [2.24, 2.45) is 5.92 Å². The van der Waals surface area contributed by atoms with Crippen molar-refractivity contribution < 1.29 is 8.78 Å². The molecule has 0 radical (unpaired) electrons. The molecular weight excluding hydrogens is 268 g/mol. The predicted octanol–water partition coefficient (Wildman–Crippen LogP) is 5.09. The number of benzene rings is 1. The molecule has 3 heteroatoms. The average molecular weight is 297 g/mol. The number of rotatable bonds is 10. The zero-order valence-corrected chi connectivity index (χ0v) is 13.6. The van der Waals surface area contributed by atoms with Gasteiger partial charge in [-0.25, -0.2) is 8.78 Å². The quantitative estimate of drug-likeness (QED) is 0.634. The number of nitrogens with one attached hydrogen (secondary N) is 1. The van der Waals surface area contributed by atoms with Crippen molar-refractivity contribution in [2.75, 3.05) is 6.54 Å². The molecule has 1 aromatic carbocycles. The highest BCUT2D eigenvalue weighted by molar-refractivity contribution is 5.20. The molecule has 1 rings (SSSR count). The van der Waals surface area contributed by atoms with Gasteiger partial charge in [0.15, 0.2) is 11.6 Å². The van der Waals surface area contributed by atoms with E-state index in [9.17, 15) is 8.78 Å². The molecular formula is C18H29F2N. The summed E-state index contributed by atoms with van der Waals surface area (Å²) >= 11 is 0. The Morgan fingerprint density at radius 1 is 1.14 bits per heavy atom. The van der Waals surface area contributed by atoms with Gasteiger partial charge in [0, 0.05) is 6.04 Å². The molecule has 0 saturated heterocycles. The van der Waals surface area contributed by atoms with Crippen LogP contribution in [-0.4, -0.2) is 12.6 Å². The summed E-state index contributed by atoms with van der Waals surface area (Å²) in [6, 6.07) is 4.67. The standard InChI is InChI=1S/C18H29F2N/c1-4-7-9-14(5-2)12-16(21-6-3)13-15-10-8-11-17(19)18(15)20/h8,10-11,14,16,21H,4-7,9,12-13H2,1-3H3. The smallest absolute Gasteiger partial charge is 0.162 e. The molecule has 2 unspecified atom stereocenters. The van der Waals surface area contributed by atoms with Gasteiger partial charge in [0.1, 0.15) is 0 Å². The number of hydrogen-bond acceptors (Lipinski definition) is 1. The molecule has 0 fully saturated rings. The summed E-state index contributed by atoms with van der Waals surface area (Å²) in [5, 5.41) is 3.43. The summed E-state index contributed by atoms with van der Waals surface area (Å²) in [6.45, 7) is 7.33. The van der Waals surface area contributed by atoms with E-state index in [0.29, 0.717) is 17.9 Å². The van der Waals surface area contributed by atoms with Crippen molar-refractivity contribution >= 4 is 0 Å². The molecule has 0 bridgehead atoms. The lowest BCUT2D eigenvalue weighted by atomic mass is 9.89. The van der Waals surface area contributed by atoms with E-state index in [4.69, 9.17) is 0 Å². The minimum Gasteiger partial charge on any atom is -0.314 e. The molecule has 0 amide bonds. The minimum absolute atomic E-state index is 0.216. The van der Waals surface area contributed by atoms with Gasteiger partial charge >= 0.3 is 0 Å². The van der Waals surface area contributed by atoms with Crippen LogP contribution in [0.1, 0.15) is 58.4 Å². The molecule has 1 nitrogen and oxygen atoms in total. The van der Waals surface area contributed by atoms with Crippen LogP contribution in [0, 0.1) is 17.6 Å². The van der Waals surface area contributed by atoms with Crippen molar-refractivity contribution in [3.05, 3.63) is 35.4 Å². The zero-order chi connectivity index (χ0) is 15.7. The Kier molecular flexibility index (Phi) is 8.51. The average Bonchev–Trinajstić information content (AvgIpc) is 2.48. The van der Waals surface area contributed by atoms with E-state index in [-0.39, 0.29) is 6.04 Å². The van der Waals surface area contributed by atoms with Gasteiger partial charge in [0.25, 0.3) is 0 Å². The highest BCUT2D eigenvalue weighted by atomic mass is 19.2. The summed E-state index contributed by atoms with van der Waals surface area (Å²) in [6.07, 6.45) is 6.40. The summed E-state index contributed by atoms with van der Waals surface area (Å²) < 4.78 is 27.1.